The van der Waals surface area contributed by atoms with Crippen molar-refractivity contribution in [3.05, 3.63) is 76.6 Å². The molecule has 3 rings (SSSR count). The number of amides is 1. The number of carbonyl (C=O) groups excluding carboxylic acids is 1. The van der Waals surface area contributed by atoms with Crippen molar-refractivity contribution in [3.8, 4) is 11.4 Å². The average Bonchev–Trinajstić information content (AvgIpc) is 3.10. The van der Waals surface area contributed by atoms with Crippen LogP contribution in [-0.2, 0) is 0 Å². The first-order chi connectivity index (χ1) is 11.1. The molecule has 0 aliphatic rings. The fourth-order valence-electron chi connectivity index (χ4n) is 2.10. The van der Waals surface area contributed by atoms with Crippen molar-refractivity contribution in [2.24, 2.45) is 0 Å². The zero-order chi connectivity index (χ0) is 16.2. The first-order valence-electron chi connectivity index (χ1n) is 6.79. The first kappa shape index (κ1) is 14.5. The quantitative estimate of drug-likeness (QED) is 0.570. The fourth-order valence-corrected chi connectivity index (χ4v) is 2.10. The molecule has 0 saturated heterocycles. The molecule has 0 radical (unpaired) electrons. The predicted octanol–water partition coefficient (Wildman–Crippen LogP) is 3.24. The Kier molecular flexibility index (Phi) is 3.84. The van der Waals surface area contributed by atoms with Gasteiger partial charge in [0.05, 0.1) is 4.92 Å². The normalized spacial score (nSPS) is 10.3. The molecule has 1 aromatic heterocycles. The summed E-state index contributed by atoms with van der Waals surface area (Å²) in [5, 5.41) is 13.5. The van der Waals surface area contributed by atoms with Gasteiger partial charge in [-0.2, -0.15) is 0 Å². The molecule has 7 heteroatoms. The van der Waals surface area contributed by atoms with E-state index in [1.54, 1.807) is 24.5 Å². The van der Waals surface area contributed by atoms with Gasteiger partial charge < -0.3 is 10.3 Å². The lowest BCUT2D eigenvalue weighted by molar-refractivity contribution is -0.384. The summed E-state index contributed by atoms with van der Waals surface area (Å²) in [7, 11) is 0. The summed E-state index contributed by atoms with van der Waals surface area (Å²) in [6, 6.07) is 12.7. The summed E-state index contributed by atoms with van der Waals surface area (Å²) in [4.78, 5) is 29.5. The molecule has 0 atom stereocenters. The van der Waals surface area contributed by atoms with Gasteiger partial charge in [-0.1, -0.05) is 6.07 Å². The summed E-state index contributed by atoms with van der Waals surface area (Å²) in [5.41, 5.74) is 1.60. The number of nitrogens with one attached hydrogen (secondary N) is 2. The number of hydrogen-bond donors (Lipinski definition) is 2. The van der Waals surface area contributed by atoms with E-state index in [9.17, 15) is 14.9 Å². The zero-order valence-electron chi connectivity index (χ0n) is 11.9. The van der Waals surface area contributed by atoms with E-state index in [-0.39, 0.29) is 11.3 Å². The van der Waals surface area contributed by atoms with E-state index in [0.29, 0.717) is 5.69 Å². The summed E-state index contributed by atoms with van der Waals surface area (Å²) < 4.78 is 0. The van der Waals surface area contributed by atoms with Crippen LogP contribution in [0.4, 0.5) is 11.4 Å². The molecule has 0 bridgehead atoms. The lowest BCUT2D eigenvalue weighted by Crippen LogP contribution is -2.12. The van der Waals surface area contributed by atoms with E-state index >= 15 is 0 Å². The van der Waals surface area contributed by atoms with Gasteiger partial charge in [0.2, 0.25) is 0 Å². The number of benzene rings is 2. The van der Waals surface area contributed by atoms with Gasteiger partial charge in [0, 0.05) is 41.3 Å². The molecule has 0 spiro atoms. The monoisotopic (exact) mass is 308 g/mol. The Labute approximate surface area is 131 Å². The van der Waals surface area contributed by atoms with Crippen LogP contribution in [0.15, 0.2) is 60.9 Å². The maximum absolute atomic E-state index is 12.2. The Bertz CT molecular complexity index is 842. The minimum atomic E-state index is -0.533. The highest BCUT2D eigenvalue weighted by Crippen LogP contribution is 2.19. The van der Waals surface area contributed by atoms with Crippen LogP contribution >= 0.6 is 0 Å². The number of non-ortho nitro benzene ring substituents is 1. The molecule has 3 aromatic rings. The topological polar surface area (TPSA) is 101 Å². The molecular weight excluding hydrogens is 296 g/mol. The fraction of sp³-hybridized carbons (Fsp3) is 0. The van der Waals surface area contributed by atoms with Crippen LogP contribution in [0.1, 0.15) is 10.4 Å². The van der Waals surface area contributed by atoms with Crippen molar-refractivity contribution in [1.29, 1.82) is 0 Å². The van der Waals surface area contributed by atoms with Crippen molar-refractivity contribution in [1.82, 2.24) is 9.97 Å². The molecular formula is C16H12N4O3. The summed E-state index contributed by atoms with van der Waals surface area (Å²) >= 11 is 0. The van der Waals surface area contributed by atoms with Crippen molar-refractivity contribution in [3.63, 3.8) is 0 Å². The van der Waals surface area contributed by atoms with Crippen LogP contribution in [-0.4, -0.2) is 20.8 Å². The Morgan fingerprint density at radius 3 is 2.61 bits per heavy atom. The van der Waals surface area contributed by atoms with Crippen molar-refractivity contribution < 1.29 is 9.72 Å². The molecule has 0 unspecified atom stereocenters. The second-order valence-electron chi connectivity index (χ2n) is 4.78. The van der Waals surface area contributed by atoms with Crippen molar-refractivity contribution >= 4 is 17.3 Å². The largest absolute Gasteiger partial charge is 0.345 e. The van der Waals surface area contributed by atoms with E-state index in [4.69, 9.17) is 0 Å². The molecule has 0 saturated carbocycles. The molecule has 114 valence electrons. The van der Waals surface area contributed by atoms with E-state index < -0.39 is 10.8 Å². The highest BCUT2D eigenvalue weighted by atomic mass is 16.6. The SMILES string of the molecule is O=C(Nc1ccc(-c2ncc[nH]2)cc1)c1cccc([N+](=O)[O-])c1. The standard InChI is InChI=1S/C16H12N4O3/c21-16(12-2-1-3-14(10-12)20(22)23)19-13-6-4-11(5-7-13)15-17-8-9-18-15/h1-10H,(H,17,18)(H,19,21). The molecule has 0 aliphatic heterocycles. The number of anilines is 1. The Morgan fingerprint density at radius 1 is 1.17 bits per heavy atom. The van der Waals surface area contributed by atoms with Crippen LogP contribution in [0.5, 0.6) is 0 Å². The highest BCUT2D eigenvalue weighted by Gasteiger charge is 2.11. The Hall–Kier alpha value is -3.48. The third-order valence-corrected chi connectivity index (χ3v) is 3.23. The van der Waals surface area contributed by atoms with E-state index in [0.717, 1.165) is 11.4 Å². The smallest absolute Gasteiger partial charge is 0.270 e. The molecule has 2 aromatic carbocycles. The first-order valence-corrected chi connectivity index (χ1v) is 6.79. The maximum Gasteiger partial charge on any atom is 0.270 e. The third-order valence-electron chi connectivity index (χ3n) is 3.23. The van der Waals surface area contributed by atoms with Crippen LogP contribution in [0.3, 0.4) is 0 Å². The molecule has 0 aliphatic carbocycles. The van der Waals surface area contributed by atoms with Gasteiger partial charge >= 0.3 is 0 Å². The van der Waals surface area contributed by atoms with Crippen LogP contribution in [0.2, 0.25) is 0 Å². The molecule has 23 heavy (non-hydrogen) atoms. The number of aromatic amines is 1. The number of H-pyrrole nitrogens is 1. The molecule has 7 nitrogen and oxygen atoms in total. The summed E-state index contributed by atoms with van der Waals surface area (Å²) in [6.45, 7) is 0. The molecule has 0 fully saturated rings. The number of imidazole rings is 1. The van der Waals surface area contributed by atoms with Crippen molar-refractivity contribution in [2.75, 3.05) is 5.32 Å². The summed E-state index contributed by atoms with van der Waals surface area (Å²) in [6.07, 6.45) is 3.39. The lowest BCUT2D eigenvalue weighted by atomic mass is 10.1. The number of nitro groups is 1. The van der Waals surface area contributed by atoms with Crippen LogP contribution in [0, 0.1) is 10.1 Å². The van der Waals surface area contributed by atoms with Gasteiger partial charge in [-0.25, -0.2) is 4.98 Å². The summed E-state index contributed by atoms with van der Waals surface area (Å²) in [5.74, 6) is 0.334. The van der Waals surface area contributed by atoms with Gasteiger partial charge in [0.1, 0.15) is 5.82 Å². The second-order valence-corrected chi connectivity index (χ2v) is 4.78. The number of rotatable bonds is 4. The predicted molar refractivity (Wildman–Crippen MR) is 85.1 cm³/mol. The Balaban J connectivity index is 1.75. The minimum absolute atomic E-state index is 0.120. The van der Waals surface area contributed by atoms with E-state index in [2.05, 4.69) is 15.3 Å². The number of nitrogens with zero attached hydrogens (tertiary/aromatic N) is 2. The number of aromatic nitrogens is 2. The molecule has 1 heterocycles. The Morgan fingerprint density at radius 2 is 1.96 bits per heavy atom. The third kappa shape index (κ3) is 3.24. The molecule has 2 N–H and O–H groups in total. The van der Waals surface area contributed by atoms with Gasteiger partial charge in [0.25, 0.3) is 11.6 Å². The second kappa shape index (κ2) is 6.10. The number of nitro benzene ring substituents is 1. The highest BCUT2D eigenvalue weighted by molar-refractivity contribution is 6.04. The minimum Gasteiger partial charge on any atom is -0.345 e. The van der Waals surface area contributed by atoms with E-state index in [1.165, 1.54) is 24.3 Å². The van der Waals surface area contributed by atoms with Gasteiger partial charge in [-0.3, -0.25) is 14.9 Å². The van der Waals surface area contributed by atoms with Gasteiger partial charge in [-0.15, -0.1) is 0 Å². The number of hydrogen-bond acceptors (Lipinski definition) is 4. The zero-order valence-corrected chi connectivity index (χ0v) is 11.9. The maximum atomic E-state index is 12.2. The molecule has 1 amide bonds. The van der Waals surface area contributed by atoms with Crippen molar-refractivity contribution in [2.45, 2.75) is 0 Å². The van der Waals surface area contributed by atoms with Crippen LogP contribution in [0.25, 0.3) is 11.4 Å². The van der Waals surface area contributed by atoms with Crippen LogP contribution < -0.4 is 5.32 Å². The van der Waals surface area contributed by atoms with Gasteiger partial charge in [-0.05, 0) is 30.3 Å². The lowest BCUT2D eigenvalue weighted by Gasteiger charge is -2.06. The van der Waals surface area contributed by atoms with Gasteiger partial charge in [0.15, 0.2) is 0 Å². The van der Waals surface area contributed by atoms with E-state index in [1.807, 2.05) is 12.1 Å². The average molecular weight is 308 g/mol. The number of carbonyl (C=O) groups is 1.